The van der Waals surface area contributed by atoms with Gasteiger partial charge < -0.3 is 0 Å². The molecule has 0 aliphatic carbocycles. The second-order valence-electron chi connectivity index (χ2n) is 4.73. The van der Waals surface area contributed by atoms with E-state index in [0.717, 1.165) is 18.8 Å². The maximum absolute atomic E-state index is 12.4. The van der Waals surface area contributed by atoms with E-state index in [1.165, 1.54) is 0 Å². The molecule has 0 N–H and O–H groups in total. The van der Waals surface area contributed by atoms with Crippen molar-refractivity contribution in [2.45, 2.75) is 25.1 Å². The zero-order valence-electron chi connectivity index (χ0n) is 10.7. The molecule has 1 saturated heterocycles. The van der Waals surface area contributed by atoms with Gasteiger partial charge in [-0.1, -0.05) is 30.7 Å². The molecule has 1 aliphatic rings. The number of halogens is 1. The predicted octanol–water partition coefficient (Wildman–Crippen LogP) is 3.35. The number of nitrogens with zero attached hydrogens (tertiary/aromatic N) is 1. The third kappa shape index (κ3) is 3.28. The van der Waals surface area contributed by atoms with E-state index in [1.807, 2.05) is 30.8 Å². The summed E-state index contributed by atoms with van der Waals surface area (Å²) >= 11 is 7.91. The van der Waals surface area contributed by atoms with Crippen molar-refractivity contribution in [3.63, 3.8) is 0 Å². The van der Waals surface area contributed by atoms with Crippen LogP contribution in [0.1, 0.15) is 24.2 Å². The molecule has 0 radical (unpaired) electrons. The Kier molecular flexibility index (Phi) is 4.71. The highest BCUT2D eigenvalue weighted by molar-refractivity contribution is 7.99. The average Bonchev–Trinajstić information content (AvgIpc) is 2.37. The van der Waals surface area contributed by atoms with Gasteiger partial charge in [-0.2, -0.15) is 11.8 Å². The highest BCUT2D eigenvalue weighted by Gasteiger charge is 2.26. The van der Waals surface area contributed by atoms with Crippen LogP contribution in [-0.4, -0.2) is 40.8 Å². The summed E-state index contributed by atoms with van der Waals surface area (Å²) in [6.07, 6.45) is 0. The number of ketones is 1. The van der Waals surface area contributed by atoms with Crippen LogP contribution < -0.4 is 0 Å². The first-order chi connectivity index (χ1) is 8.58. The van der Waals surface area contributed by atoms with E-state index < -0.39 is 0 Å². The maximum atomic E-state index is 12.4. The number of rotatable bonds is 3. The number of hydrogen-bond donors (Lipinski definition) is 0. The van der Waals surface area contributed by atoms with E-state index >= 15 is 0 Å². The molecule has 98 valence electrons. The first-order valence-corrected chi connectivity index (χ1v) is 7.66. The molecule has 2 atom stereocenters. The van der Waals surface area contributed by atoms with E-state index in [-0.39, 0.29) is 11.8 Å². The topological polar surface area (TPSA) is 20.3 Å². The third-order valence-corrected chi connectivity index (χ3v) is 4.68. The van der Waals surface area contributed by atoms with E-state index in [4.69, 9.17) is 11.6 Å². The van der Waals surface area contributed by atoms with Crippen LogP contribution in [0.3, 0.4) is 0 Å². The summed E-state index contributed by atoms with van der Waals surface area (Å²) in [7, 11) is 0. The molecule has 0 spiro atoms. The van der Waals surface area contributed by atoms with Crippen LogP contribution in [0.5, 0.6) is 0 Å². The Hall–Kier alpha value is -0.510. The summed E-state index contributed by atoms with van der Waals surface area (Å²) in [4.78, 5) is 14.7. The van der Waals surface area contributed by atoms with Gasteiger partial charge in [0.05, 0.1) is 6.04 Å². The third-order valence-electron chi connectivity index (χ3n) is 3.31. The van der Waals surface area contributed by atoms with Crippen molar-refractivity contribution in [1.29, 1.82) is 0 Å². The lowest BCUT2D eigenvalue weighted by Crippen LogP contribution is -2.46. The van der Waals surface area contributed by atoms with Crippen molar-refractivity contribution >= 4 is 29.1 Å². The molecule has 1 fully saturated rings. The number of hydrogen-bond acceptors (Lipinski definition) is 3. The number of Topliss-reactive ketones (excluding diaryl/α,β-unsaturated/α-hetero) is 1. The lowest BCUT2D eigenvalue weighted by Gasteiger charge is -2.34. The molecule has 1 aromatic carbocycles. The maximum Gasteiger partial charge on any atom is 0.179 e. The van der Waals surface area contributed by atoms with Crippen LogP contribution in [-0.2, 0) is 0 Å². The quantitative estimate of drug-likeness (QED) is 0.794. The number of thioether (sulfide) groups is 1. The van der Waals surface area contributed by atoms with Crippen molar-refractivity contribution in [3.05, 3.63) is 34.9 Å². The van der Waals surface area contributed by atoms with Crippen molar-refractivity contribution in [2.24, 2.45) is 0 Å². The first-order valence-electron chi connectivity index (χ1n) is 6.23. The number of benzene rings is 1. The highest BCUT2D eigenvalue weighted by Crippen LogP contribution is 2.21. The van der Waals surface area contributed by atoms with Gasteiger partial charge in [0.1, 0.15) is 0 Å². The van der Waals surface area contributed by atoms with Crippen LogP contribution in [0.2, 0.25) is 5.02 Å². The van der Waals surface area contributed by atoms with Crippen LogP contribution in [0.4, 0.5) is 0 Å². The fourth-order valence-electron chi connectivity index (χ4n) is 2.25. The van der Waals surface area contributed by atoms with Crippen molar-refractivity contribution < 1.29 is 4.79 Å². The zero-order valence-corrected chi connectivity index (χ0v) is 12.3. The molecule has 0 aromatic heterocycles. The zero-order chi connectivity index (χ0) is 13.1. The van der Waals surface area contributed by atoms with Gasteiger partial charge in [0.15, 0.2) is 5.78 Å². The van der Waals surface area contributed by atoms with Crippen molar-refractivity contribution in [2.75, 3.05) is 18.8 Å². The molecule has 18 heavy (non-hydrogen) atoms. The van der Waals surface area contributed by atoms with Gasteiger partial charge in [-0.05, 0) is 19.1 Å². The van der Waals surface area contributed by atoms with Gasteiger partial charge in [-0.3, -0.25) is 9.69 Å². The van der Waals surface area contributed by atoms with E-state index in [2.05, 4.69) is 11.8 Å². The predicted molar refractivity (Wildman–Crippen MR) is 78.7 cm³/mol. The van der Waals surface area contributed by atoms with Crippen LogP contribution >= 0.6 is 23.4 Å². The van der Waals surface area contributed by atoms with E-state index in [9.17, 15) is 4.79 Å². The van der Waals surface area contributed by atoms with Crippen molar-refractivity contribution in [1.82, 2.24) is 4.90 Å². The summed E-state index contributed by atoms with van der Waals surface area (Å²) in [6.45, 7) is 6.18. The van der Waals surface area contributed by atoms with Gasteiger partial charge in [0.2, 0.25) is 0 Å². The van der Waals surface area contributed by atoms with Gasteiger partial charge >= 0.3 is 0 Å². The van der Waals surface area contributed by atoms with Crippen LogP contribution in [0.15, 0.2) is 24.3 Å². The minimum Gasteiger partial charge on any atom is -0.292 e. The Balaban J connectivity index is 2.08. The lowest BCUT2D eigenvalue weighted by molar-refractivity contribution is 0.0844. The second kappa shape index (κ2) is 6.09. The fraction of sp³-hybridized carbons (Fsp3) is 0.500. The molecule has 0 bridgehead atoms. The van der Waals surface area contributed by atoms with E-state index in [0.29, 0.717) is 15.8 Å². The van der Waals surface area contributed by atoms with Gasteiger partial charge in [-0.25, -0.2) is 0 Å². The molecular formula is C14H18ClNOS. The monoisotopic (exact) mass is 283 g/mol. The minimum atomic E-state index is -0.0631. The SMILES string of the molecule is CC1CN(C(C)C(=O)c2cccc(Cl)c2)CCS1. The van der Waals surface area contributed by atoms with Crippen LogP contribution in [0, 0.1) is 0 Å². The Morgan fingerprint density at radius 1 is 1.56 bits per heavy atom. The molecule has 1 aromatic rings. The molecule has 0 amide bonds. The molecule has 2 nitrogen and oxygen atoms in total. The first kappa shape index (κ1) is 13.9. The molecule has 2 unspecified atom stereocenters. The number of carbonyl (C=O) groups excluding carboxylic acids is 1. The normalized spacial score (nSPS) is 22.7. The lowest BCUT2D eigenvalue weighted by atomic mass is 10.0. The summed E-state index contributed by atoms with van der Waals surface area (Å²) in [5, 5.41) is 1.23. The molecule has 4 heteroatoms. The highest BCUT2D eigenvalue weighted by atomic mass is 35.5. The van der Waals surface area contributed by atoms with Gasteiger partial charge in [0.25, 0.3) is 0 Å². The summed E-state index contributed by atoms with van der Waals surface area (Å²) in [6, 6.07) is 7.15. The number of carbonyl (C=O) groups is 1. The van der Waals surface area contributed by atoms with Gasteiger partial charge in [-0.15, -0.1) is 0 Å². The van der Waals surface area contributed by atoms with Crippen LogP contribution in [0.25, 0.3) is 0 Å². The molecule has 1 aliphatic heterocycles. The fourth-order valence-corrected chi connectivity index (χ4v) is 3.48. The standard InChI is InChI=1S/C14H18ClNOS/c1-10-9-16(6-7-18-10)11(2)14(17)12-4-3-5-13(15)8-12/h3-5,8,10-11H,6-7,9H2,1-2H3. The molecule has 0 saturated carbocycles. The summed E-state index contributed by atoms with van der Waals surface area (Å²) in [5.41, 5.74) is 0.709. The summed E-state index contributed by atoms with van der Waals surface area (Å²) < 4.78 is 0. The second-order valence-corrected chi connectivity index (χ2v) is 6.71. The van der Waals surface area contributed by atoms with Crippen molar-refractivity contribution in [3.8, 4) is 0 Å². The average molecular weight is 284 g/mol. The van der Waals surface area contributed by atoms with Gasteiger partial charge in [0, 0.05) is 34.7 Å². The minimum absolute atomic E-state index is 0.0631. The largest absolute Gasteiger partial charge is 0.292 e. The summed E-state index contributed by atoms with van der Waals surface area (Å²) in [5.74, 6) is 1.27. The molecule has 1 heterocycles. The molecule has 2 rings (SSSR count). The Labute approximate surface area is 118 Å². The smallest absolute Gasteiger partial charge is 0.179 e. The Bertz CT molecular complexity index is 438. The molecular weight excluding hydrogens is 266 g/mol. The Morgan fingerprint density at radius 3 is 3.00 bits per heavy atom. The van der Waals surface area contributed by atoms with E-state index in [1.54, 1.807) is 12.1 Å². The Morgan fingerprint density at radius 2 is 2.33 bits per heavy atom.